The van der Waals surface area contributed by atoms with Crippen LogP contribution in [0.2, 0.25) is 5.02 Å². The SMILES string of the molecule is CC[C@H](N)c1cc(F)ccc1Cl. The highest BCUT2D eigenvalue weighted by molar-refractivity contribution is 6.31. The van der Waals surface area contributed by atoms with Crippen molar-refractivity contribution in [1.82, 2.24) is 0 Å². The zero-order chi connectivity index (χ0) is 9.14. The number of hydrogen-bond donors (Lipinski definition) is 1. The summed E-state index contributed by atoms with van der Waals surface area (Å²) in [4.78, 5) is 0. The third-order valence-corrected chi connectivity index (χ3v) is 2.14. The maximum atomic E-state index is 12.7. The Hall–Kier alpha value is -0.600. The van der Waals surface area contributed by atoms with Crippen LogP contribution in [0.3, 0.4) is 0 Å². The first-order valence-electron chi connectivity index (χ1n) is 3.85. The van der Waals surface area contributed by atoms with E-state index in [0.717, 1.165) is 6.42 Å². The Bertz CT molecular complexity index is 275. The third kappa shape index (κ3) is 1.96. The topological polar surface area (TPSA) is 26.0 Å². The van der Waals surface area contributed by atoms with Crippen LogP contribution in [-0.2, 0) is 0 Å². The summed E-state index contributed by atoms with van der Waals surface area (Å²) in [5.74, 6) is -0.293. The van der Waals surface area contributed by atoms with Crippen LogP contribution in [0.5, 0.6) is 0 Å². The van der Waals surface area contributed by atoms with E-state index in [-0.39, 0.29) is 11.9 Å². The molecule has 3 heteroatoms. The molecular formula is C9H11ClFN. The number of hydrogen-bond acceptors (Lipinski definition) is 1. The molecule has 0 unspecified atom stereocenters. The van der Waals surface area contributed by atoms with Gasteiger partial charge in [0.05, 0.1) is 0 Å². The zero-order valence-electron chi connectivity index (χ0n) is 6.85. The van der Waals surface area contributed by atoms with Crippen LogP contribution in [0.4, 0.5) is 4.39 Å². The Labute approximate surface area is 76.3 Å². The fourth-order valence-electron chi connectivity index (χ4n) is 1.02. The molecule has 0 aliphatic carbocycles. The second-order valence-electron chi connectivity index (χ2n) is 2.68. The molecule has 1 rings (SSSR count). The van der Waals surface area contributed by atoms with E-state index >= 15 is 0 Å². The molecule has 1 aromatic rings. The van der Waals surface area contributed by atoms with Gasteiger partial charge in [-0.3, -0.25) is 0 Å². The molecule has 0 spiro atoms. The average molecular weight is 188 g/mol. The maximum Gasteiger partial charge on any atom is 0.123 e. The van der Waals surface area contributed by atoms with E-state index in [1.54, 1.807) is 0 Å². The number of halogens is 2. The Balaban J connectivity index is 3.04. The predicted octanol–water partition coefficient (Wildman–Crippen LogP) is 2.89. The van der Waals surface area contributed by atoms with Crippen LogP contribution in [-0.4, -0.2) is 0 Å². The van der Waals surface area contributed by atoms with E-state index in [0.29, 0.717) is 10.6 Å². The van der Waals surface area contributed by atoms with Crippen LogP contribution in [0.1, 0.15) is 24.9 Å². The van der Waals surface area contributed by atoms with Gasteiger partial charge in [0.25, 0.3) is 0 Å². The van der Waals surface area contributed by atoms with Crippen molar-refractivity contribution in [2.75, 3.05) is 0 Å². The Morgan fingerprint density at radius 2 is 2.25 bits per heavy atom. The molecule has 0 bridgehead atoms. The minimum atomic E-state index is -0.293. The van der Waals surface area contributed by atoms with E-state index < -0.39 is 0 Å². The van der Waals surface area contributed by atoms with Gasteiger partial charge in [-0.25, -0.2) is 4.39 Å². The first-order valence-corrected chi connectivity index (χ1v) is 4.23. The lowest BCUT2D eigenvalue weighted by molar-refractivity contribution is 0.617. The number of nitrogens with two attached hydrogens (primary N) is 1. The van der Waals surface area contributed by atoms with Crippen molar-refractivity contribution >= 4 is 11.6 Å². The predicted molar refractivity (Wildman–Crippen MR) is 48.6 cm³/mol. The molecule has 12 heavy (non-hydrogen) atoms. The molecule has 0 saturated heterocycles. The maximum absolute atomic E-state index is 12.7. The van der Waals surface area contributed by atoms with Gasteiger partial charge in [-0.05, 0) is 30.2 Å². The largest absolute Gasteiger partial charge is 0.324 e. The average Bonchev–Trinajstić information content (AvgIpc) is 2.08. The first-order chi connectivity index (χ1) is 5.65. The fraction of sp³-hybridized carbons (Fsp3) is 0.333. The lowest BCUT2D eigenvalue weighted by Gasteiger charge is -2.10. The normalized spacial score (nSPS) is 13.0. The summed E-state index contributed by atoms with van der Waals surface area (Å²) in [5.41, 5.74) is 6.39. The van der Waals surface area contributed by atoms with Crippen molar-refractivity contribution < 1.29 is 4.39 Å². The second-order valence-corrected chi connectivity index (χ2v) is 3.09. The number of rotatable bonds is 2. The van der Waals surface area contributed by atoms with E-state index in [1.807, 2.05) is 6.92 Å². The molecule has 1 aromatic carbocycles. The summed E-state index contributed by atoms with van der Waals surface area (Å²) >= 11 is 5.82. The van der Waals surface area contributed by atoms with Gasteiger partial charge in [0.1, 0.15) is 5.82 Å². The molecular weight excluding hydrogens is 177 g/mol. The second kappa shape index (κ2) is 3.87. The van der Waals surface area contributed by atoms with Gasteiger partial charge in [0.2, 0.25) is 0 Å². The van der Waals surface area contributed by atoms with E-state index in [4.69, 9.17) is 17.3 Å². The van der Waals surface area contributed by atoms with Gasteiger partial charge in [0.15, 0.2) is 0 Å². The summed E-state index contributed by atoms with van der Waals surface area (Å²) < 4.78 is 12.7. The Kier molecular flexibility index (Phi) is 3.06. The molecule has 0 fully saturated rings. The molecule has 66 valence electrons. The third-order valence-electron chi connectivity index (χ3n) is 1.80. The molecule has 0 aliphatic rings. The fourth-order valence-corrected chi connectivity index (χ4v) is 1.28. The highest BCUT2D eigenvalue weighted by Gasteiger charge is 2.08. The summed E-state index contributed by atoms with van der Waals surface area (Å²) in [6.45, 7) is 1.94. The van der Waals surface area contributed by atoms with Crippen LogP contribution in [0.25, 0.3) is 0 Å². The Morgan fingerprint density at radius 1 is 1.58 bits per heavy atom. The monoisotopic (exact) mass is 187 g/mol. The zero-order valence-corrected chi connectivity index (χ0v) is 7.61. The highest BCUT2D eigenvalue weighted by Crippen LogP contribution is 2.23. The minimum absolute atomic E-state index is 0.173. The van der Waals surface area contributed by atoms with Gasteiger partial charge in [0, 0.05) is 11.1 Å². The molecule has 1 atom stereocenters. The summed E-state index contributed by atoms with van der Waals surface area (Å²) in [6, 6.07) is 4.07. The summed E-state index contributed by atoms with van der Waals surface area (Å²) in [7, 11) is 0. The van der Waals surface area contributed by atoms with Crippen LogP contribution < -0.4 is 5.73 Å². The standard InChI is InChI=1S/C9H11ClFN/c1-2-9(12)7-5-6(11)3-4-8(7)10/h3-5,9H,2,12H2,1H3/t9-/m0/s1. The van der Waals surface area contributed by atoms with Crippen molar-refractivity contribution in [1.29, 1.82) is 0 Å². The number of benzene rings is 1. The van der Waals surface area contributed by atoms with Gasteiger partial charge in [-0.2, -0.15) is 0 Å². The molecule has 2 N–H and O–H groups in total. The van der Waals surface area contributed by atoms with Gasteiger partial charge < -0.3 is 5.73 Å². The van der Waals surface area contributed by atoms with E-state index in [1.165, 1.54) is 18.2 Å². The lowest BCUT2D eigenvalue weighted by atomic mass is 10.1. The molecule has 0 radical (unpaired) electrons. The molecule has 0 aliphatic heterocycles. The van der Waals surface area contributed by atoms with Crippen LogP contribution in [0.15, 0.2) is 18.2 Å². The molecule has 0 aromatic heterocycles. The van der Waals surface area contributed by atoms with Gasteiger partial charge in [-0.15, -0.1) is 0 Å². The molecule has 0 amide bonds. The van der Waals surface area contributed by atoms with Crippen molar-refractivity contribution in [3.05, 3.63) is 34.6 Å². The van der Waals surface area contributed by atoms with Crippen molar-refractivity contribution in [2.24, 2.45) is 5.73 Å². The molecule has 1 nitrogen and oxygen atoms in total. The Morgan fingerprint density at radius 3 is 2.83 bits per heavy atom. The smallest absolute Gasteiger partial charge is 0.123 e. The summed E-state index contributed by atoms with van der Waals surface area (Å²) in [6.07, 6.45) is 0.753. The van der Waals surface area contributed by atoms with Crippen LogP contribution >= 0.6 is 11.6 Å². The van der Waals surface area contributed by atoms with E-state index in [2.05, 4.69) is 0 Å². The highest BCUT2D eigenvalue weighted by atomic mass is 35.5. The van der Waals surface area contributed by atoms with E-state index in [9.17, 15) is 4.39 Å². The molecule has 0 heterocycles. The quantitative estimate of drug-likeness (QED) is 0.757. The minimum Gasteiger partial charge on any atom is -0.324 e. The summed E-state index contributed by atoms with van der Waals surface area (Å²) in [5, 5.41) is 0.533. The van der Waals surface area contributed by atoms with Crippen LogP contribution in [0, 0.1) is 5.82 Å². The van der Waals surface area contributed by atoms with Gasteiger partial charge >= 0.3 is 0 Å². The van der Waals surface area contributed by atoms with Crippen molar-refractivity contribution in [2.45, 2.75) is 19.4 Å². The van der Waals surface area contributed by atoms with Crippen molar-refractivity contribution in [3.63, 3.8) is 0 Å². The van der Waals surface area contributed by atoms with Gasteiger partial charge in [-0.1, -0.05) is 18.5 Å². The van der Waals surface area contributed by atoms with Crippen molar-refractivity contribution in [3.8, 4) is 0 Å². The first kappa shape index (κ1) is 9.49. The molecule has 0 saturated carbocycles. The lowest BCUT2D eigenvalue weighted by Crippen LogP contribution is -2.09.